The first-order valence-corrected chi connectivity index (χ1v) is 29.7. The molecule has 0 saturated heterocycles. The summed E-state index contributed by atoms with van der Waals surface area (Å²) in [6.07, 6.45) is 23.2. The van der Waals surface area contributed by atoms with Crippen molar-refractivity contribution in [2.24, 2.45) is 17.3 Å². The van der Waals surface area contributed by atoms with Crippen LogP contribution in [0.15, 0.2) is 109 Å². The molecule has 0 spiro atoms. The summed E-state index contributed by atoms with van der Waals surface area (Å²) in [6, 6.07) is 34.7. The number of nitrogens with zero attached hydrogens (tertiary/aromatic N) is 2. The minimum atomic E-state index is -3.85. The molecule has 4 saturated carbocycles. The minimum Gasteiger partial charge on any atom is -0.353 e. The summed E-state index contributed by atoms with van der Waals surface area (Å²) < 4.78 is 30.7. The lowest BCUT2D eigenvalue weighted by Gasteiger charge is -2.33. The first-order chi connectivity index (χ1) is 35.5. The molecule has 2 amide bonds. The van der Waals surface area contributed by atoms with Crippen LogP contribution in [0, 0.1) is 25.7 Å². The minimum absolute atomic E-state index is 0.000484. The monoisotopic (exact) mass is 1010 g/mol. The molecule has 4 aliphatic rings. The summed E-state index contributed by atoms with van der Waals surface area (Å²) in [5, 5.41) is 9.20. The maximum Gasteiger partial charge on any atom is 0.403 e. The number of hydrogen-bond acceptors (Lipinski definition) is 5. The maximum atomic E-state index is 14.0. The molecule has 0 aliphatic heterocycles. The number of nitrogens with two attached hydrogens (primary N) is 1. The van der Waals surface area contributed by atoms with Crippen molar-refractivity contribution in [3.63, 3.8) is 0 Å². The number of aryl methyl sites for hydroxylation is 2. The van der Waals surface area contributed by atoms with Gasteiger partial charge in [-0.2, -0.15) is 0 Å². The number of hydrogen-bond donors (Lipinski definition) is 3. The van der Waals surface area contributed by atoms with Crippen LogP contribution in [-0.4, -0.2) is 45.2 Å². The fourth-order valence-corrected chi connectivity index (χ4v) is 14.5. The van der Waals surface area contributed by atoms with E-state index in [1.807, 2.05) is 0 Å². The number of carbonyl (C=O) groups is 2. The van der Waals surface area contributed by atoms with Gasteiger partial charge in [0.1, 0.15) is 0 Å². The zero-order valence-electron chi connectivity index (χ0n) is 43.5. The fraction of sp³-hybridized carbons (Fsp3) is 0.516. The van der Waals surface area contributed by atoms with E-state index in [0.717, 1.165) is 24.2 Å². The van der Waals surface area contributed by atoms with Crippen molar-refractivity contribution in [1.82, 2.24) is 19.8 Å². The van der Waals surface area contributed by atoms with Gasteiger partial charge < -0.3 is 19.8 Å². The van der Waals surface area contributed by atoms with E-state index in [0.29, 0.717) is 76.0 Å². The molecular formula is C62H80N5O5P. The molecule has 4 N–H and O–H groups in total. The zero-order chi connectivity index (χ0) is 50.3. The van der Waals surface area contributed by atoms with Gasteiger partial charge in [-0.3, -0.25) is 18.6 Å². The van der Waals surface area contributed by atoms with Gasteiger partial charge in [0.25, 0.3) is 0 Å². The van der Waals surface area contributed by atoms with E-state index in [-0.39, 0.29) is 47.9 Å². The summed E-state index contributed by atoms with van der Waals surface area (Å²) in [6.45, 7) is 6.26. The molecule has 10 rings (SSSR count). The van der Waals surface area contributed by atoms with Crippen LogP contribution < -0.4 is 16.1 Å². The molecule has 0 bridgehead atoms. The second kappa shape index (κ2) is 23.7. The van der Waals surface area contributed by atoms with E-state index in [1.165, 1.54) is 108 Å². The van der Waals surface area contributed by atoms with Gasteiger partial charge in [0.05, 0.1) is 12.2 Å². The Morgan fingerprint density at radius 2 is 1.00 bits per heavy atom. The molecule has 10 nitrogen and oxygen atoms in total. The number of carbonyl (C=O) groups excluding carboxylic acids is 2. The SMILES string of the molecule is Cc1ccc(C(CC(=O)N[C@H]2CC[C@@H](OP(N)(=O)O[C@H]3CC[C@@H](NC(=O)CC(c4cccc(C)c4)c4cn(CC5CCCCC5)c5ccccc45)CC3)CC2)c2cn(CC3CCCCC3)c3ccccc23)cc1. The van der Waals surface area contributed by atoms with Crippen LogP contribution in [0.1, 0.15) is 174 Å². The van der Waals surface area contributed by atoms with Crippen LogP contribution in [0.25, 0.3) is 21.8 Å². The largest absolute Gasteiger partial charge is 0.403 e. The highest BCUT2D eigenvalue weighted by atomic mass is 31.2. The summed E-state index contributed by atoms with van der Waals surface area (Å²) in [5.41, 5.74) is 15.9. The highest BCUT2D eigenvalue weighted by molar-refractivity contribution is 7.51. The third-order valence-electron chi connectivity index (χ3n) is 17.1. The van der Waals surface area contributed by atoms with Crippen molar-refractivity contribution in [2.45, 2.75) is 191 Å². The van der Waals surface area contributed by atoms with Gasteiger partial charge in [0.2, 0.25) is 11.8 Å². The summed E-state index contributed by atoms with van der Waals surface area (Å²) in [4.78, 5) is 28.1. The Morgan fingerprint density at radius 1 is 0.548 bits per heavy atom. The van der Waals surface area contributed by atoms with E-state index >= 15 is 0 Å². The number of amides is 2. The third-order valence-corrected chi connectivity index (χ3v) is 18.3. The molecule has 3 atom stereocenters. The fourth-order valence-electron chi connectivity index (χ4n) is 13.2. The van der Waals surface area contributed by atoms with E-state index < -0.39 is 7.75 Å². The highest BCUT2D eigenvalue weighted by Gasteiger charge is 2.35. The lowest BCUT2D eigenvalue weighted by molar-refractivity contribution is -0.123. The zero-order valence-corrected chi connectivity index (χ0v) is 44.4. The quantitative estimate of drug-likeness (QED) is 0.0736. The van der Waals surface area contributed by atoms with E-state index in [4.69, 9.17) is 14.6 Å². The van der Waals surface area contributed by atoms with Crippen molar-refractivity contribution in [2.75, 3.05) is 0 Å². The van der Waals surface area contributed by atoms with Gasteiger partial charge in [-0.05, 0) is 137 Å². The second-order valence-electron chi connectivity index (χ2n) is 22.7. The van der Waals surface area contributed by atoms with Crippen LogP contribution in [0.5, 0.6) is 0 Å². The molecule has 11 heteroatoms. The number of rotatable bonds is 18. The van der Waals surface area contributed by atoms with E-state index in [9.17, 15) is 14.2 Å². The van der Waals surface area contributed by atoms with Crippen LogP contribution >= 0.6 is 7.75 Å². The van der Waals surface area contributed by atoms with Crippen LogP contribution in [0.3, 0.4) is 0 Å². The third kappa shape index (κ3) is 13.1. The van der Waals surface area contributed by atoms with Gasteiger partial charge in [0, 0.05) is 84.1 Å². The number of fused-ring (bicyclic) bond motifs is 2. The van der Waals surface area contributed by atoms with E-state index in [2.05, 4.69) is 143 Å². The van der Waals surface area contributed by atoms with Gasteiger partial charge in [-0.1, -0.05) is 135 Å². The van der Waals surface area contributed by atoms with Crippen molar-refractivity contribution >= 4 is 41.4 Å². The Labute approximate surface area is 434 Å². The van der Waals surface area contributed by atoms with Crippen molar-refractivity contribution in [1.29, 1.82) is 0 Å². The van der Waals surface area contributed by atoms with Crippen molar-refractivity contribution in [3.8, 4) is 0 Å². The predicted octanol–water partition coefficient (Wildman–Crippen LogP) is 14.1. The smallest absolute Gasteiger partial charge is 0.353 e. The van der Waals surface area contributed by atoms with Crippen LogP contribution in [0.2, 0.25) is 0 Å². The normalized spacial score (nSPS) is 22.9. The molecule has 4 fully saturated rings. The lowest BCUT2D eigenvalue weighted by Crippen LogP contribution is -2.40. The van der Waals surface area contributed by atoms with Gasteiger partial charge in [-0.25, -0.2) is 10.1 Å². The molecule has 6 aromatic rings. The van der Waals surface area contributed by atoms with Crippen LogP contribution in [-0.2, 0) is 36.3 Å². The molecule has 2 heterocycles. The average molecular weight is 1010 g/mol. The molecule has 4 aromatic carbocycles. The number of benzene rings is 4. The lowest BCUT2D eigenvalue weighted by atomic mass is 9.86. The summed E-state index contributed by atoms with van der Waals surface area (Å²) in [5.74, 6) is 1.29. The predicted molar refractivity (Wildman–Crippen MR) is 295 cm³/mol. The van der Waals surface area contributed by atoms with Crippen molar-refractivity contribution in [3.05, 3.63) is 143 Å². The Balaban J connectivity index is 0.705. The molecule has 3 unspecified atom stereocenters. The average Bonchev–Trinajstić information content (AvgIpc) is 3.94. The van der Waals surface area contributed by atoms with Crippen molar-refractivity contribution < 1.29 is 23.2 Å². The molecule has 73 heavy (non-hydrogen) atoms. The highest BCUT2D eigenvalue weighted by Crippen LogP contribution is 2.47. The maximum absolute atomic E-state index is 14.0. The first-order valence-electron chi connectivity index (χ1n) is 28.1. The first kappa shape index (κ1) is 51.5. The van der Waals surface area contributed by atoms with Crippen LogP contribution in [0.4, 0.5) is 0 Å². The van der Waals surface area contributed by atoms with Gasteiger partial charge in [-0.15, -0.1) is 0 Å². The molecule has 4 aliphatic carbocycles. The molecule has 2 aromatic heterocycles. The second-order valence-corrected chi connectivity index (χ2v) is 24.2. The molecular weight excluding hydrogens is 926 g/mol. The Morgan fingerprint density at radius 3 is 1.47 bits per heavy atom. The topological polar surface area (TPSA) is 130 Å². The molecule has 388 valence electrons. The Hall–Kier alpha value is -4.99. The molecule has 0 radical (unpaired) electrons. The standard InChI is InChI=1S/C62H80N5O5P/c1-43-24-26-47(27-25-43)55(57-41-66(39-45-15-5-3-6-16-45)59-22-11-9-20-53(57)59)37-61(68)64-49-28-32-51(33-29-49)71-73(63,70)72-52-34-30-50(31-35-52)65-62(69)38-56(48-19-13-14-44(2)36-48)58-42-67(40-46-17-7-4-8-18-46)60-23-12-10-21-54(58)60/h9-14,19-27,36,41-42,45-46,49-52,55-56H,3-8,15-18,28-35,37-40H2,1-2H3,(H2,63,70)(H,64,68)(H,65,69)/t49-,50-,51+,52+,55?,56?,73?. The number of para-hydroxylation sites is 2. The summed E-state index contributed by atoms with van der Waals surface area (Å²) >= 11 is 0. The number of nitrogens with one attached hydrogen (secondary N) is 2. The van der Waals surface area contributed by atoms with Gasteiger partial charge >= 0.3 is 7.75 Å². The number of aromatic nitrogens is 2. The summed E-state index contributed by atoms with van der Waals surface area (Å²) in [7, 11) is -3.85. The Bertz CT molecular complexity index is 2840. The van der Waals surface area contributed by atoms with Gasteiger partial charge in [0.15, 0.2) is 0 Å². The Kier molecular flexibility index (Phi) is 16.7. The van der Waals surface area contributed by atoms with E-state index in [1.54, 1.807) is 0 Å².